The van der Waals surface area contributed by atoms with E-state index in [0.29, 0.717) is 12.1 Å². The van der Waals surface area contributed by atoms with Crippen LogP contribution in [-0.4, -0.2) is 10.9 Å². The molecular weight excluding hydrogens is 386 g/mol. The molecule has 2 aromatic carbocycles. The van der Waals surface area contributed by atoms with Crippen LogP contribution >= 0.6 is 0 Å². The number of carbonyl (C=O) groups excluding carboxylic acids is 1. The first kappa shape index (κ1) is 19.4. The molecule has 1 amide bonds. The maximum atomic E-state index is 13.5. The largest absolute Gasteiger partial charge is 0.434 e. The molecule has 0 fully saturated rings. The molecule has 3 nitrogen and oxygen atoms in total. The van der Waals surface area contributed by atoms with Crippen molar-refractivity contribution < 1.29 is 31.1 Å². The number of carbonyl (C=O) groups is 1. The Balaban J connectivity index is 2.01. The first-order chi connectivity index (χ1) is 13.2. The third kappa shape index (κ3) is 3.83. The second kappa shape index (κ2) is 7.34. The highest BCUT2D eigenvalue weighted by Gasteiger charge is 2.37. The number of pyridine rings is 1. The second-order valence-corrected chi connectivity index (χ2v) is 5.65. The number of alkyl halides is 3. The van der Waals surface area contributed by atoms with E-state index >= 15 is 0 Å². The zero-order valence-corrected chi connectivity index (χ0v) is 13.8. The van der Waals surface area contributed by atoms with Crippen LogP contribution in [0.25, 0.3) is 11.1 Å². The molecule has 28 heavy (non-hydrogen) atoms. The molecule has 0 unspecified atom stereocenters. The van der Waals surface area contributed by atoms with Gasteiger partial charge < -0.3 is 5.32 Å². The topological polar surface area (TPSA) is 42.0 Å². The fraction of sp³-hybridized carbons (Fsp3) is 0.0526. The number of halogens is 6. The summed E-state index contributed by atoms with van der Waals surface area (Å²) in [5, 5.41) is 2.27. The molecule has 144 valence electrons. The minimum absolute atomic E-state index is 0.0186. The molecule has 0 spiro atoms. The van der Waals surface area contributed by atoms with Crippen LogP contribution in [0.15, 0.2) is 54.7 Å². The van der Waals surface area contributed by atoms with Gasteiger partial charge in [-0.2, -0.15) is 13.2 Å². The van der Waals surface area contributed by atoms with E-state index in [0.717, 1.165) is 12.3 Å². The average Bonchev–Trinajstić information content (AvgIpc) is 2.65. The Morgan fingerprint density at radius 2 is 1.57 bits per heavy atom. The van der Waals surface area contributed by atoms with Crippen molar-refractivity contribution in [3.63, 3.8) is 0 Å². The van der Waals surface area contributed by atoms with E-state index in [1.165, 1.54) is 30.3 Å². The van der Waals surface area contributed by atoms with Crippen molar-refractivity contribution in [1.82, 2.24) is 4.98 Å². The summed E-state index contributed by atoms with van der Waals surface area (Å²) < 4.78 is 79.4. The first-order valence-corrected chi connectivity index (χ1v) is 7.76. The molecule has 0 aliphatic carbocycles. The van der Waals surface area contributed by atoms with Crippen LogP contribution in [0.5, 0.6) is 0 Å². The van der Waals surface area contributed by atoms with E-state index in [-0.39, 0.29) is 16.8 Å². The molecule has 0 radical (unpaired) electrons. The Labute approximate surface area is 154 Å². The van der Waals surface area contributed by atoms with E-state index < -0.39 is 40.8 Å². The maximum absolute atomic E-state index is 13.5. The summed E-state index contributed by atoms with van der Waals surface area (Å²) in [5.74, 6) is -5.66. The van der Waals surface area contributed by atoms with Crippen LogP contribution in [0.4, 0.5) is 32.0 Å². The molecule has 9 heteroatoms. The standard InChI is InChI=1S/C19H10F6N2O/c20-13-8-10(9-14(21)16(13)22)11-4-1-2-6-15(11)27-18(28)12-5-3-7-26-17(12)19(23,24)25/h1-9H,(H,27,28). The predicted octanol–water partition coefficient (Wildman–Crippen LogP) is 5.44. The summed E-state index contributed by atoms with van der Waals surface area (Å²) in [5.41, 5.74) is -2.12. The van der Waals surface area contributed by atoms with Crippen LogP contribution in [0, 0.1) is 17.5 Å². The fourth-order valence-electron chi connectivity index (χ4n) is 2.56. The van der Waals surface area contributed by atoms with Crippen LogP contribution in [-0.2, 0) is 6.18 Å². The molecule has 3 aromatic rings. The van der Waals surface area contributed by atoms with Crippen molar-refractivity contribution in [1.29, 1.82) is 0 Å². The van der Waals surface area contributed by atoms with E-state index in [1.54, 1.807) is 0 Å². The van der Waals surface area contributed by atoms with E-state index in [1.807, 2.05) is 0 Å². The number of nitrogens with one attached hydrogen (secondary N) is 1. The van der Waals surface area contributed by atoms with Gasteiger partial charge in [0.1, 0.15) is 0 Å². The SMILES string of the molecule is O=C(Nc1ccccc1-c1cc(F)c(F)c(F)c1)c1cccnc1C(F)(F)F. The molecule has 1 N–H and O–H groups in total. The summed E-state index contributed by atoms with van der Waals surface area (Å²) in [6.45, 7) is 0. The van der Waals surface area contributed by atoms with Crippen LogP contribution in [0.2, 0.25) is 0 Å². The number of benzene rings is 2. The number of anilines is 1. The molecule has 0 aliphatic heterocycles. The van der Waals surface area contributed by atoms with Crippen molar-refractivity contribution >= 4 is 11.6 Å². The third-order valence-corrected chi connectivity index (χ3v) is 3.79. The quantitative estimate of drug-likeness (QED) is 0.473. The molecule has 1 aromatic heterocycles. The second-order valence-electron chi connectivity index (χ2n) is 5.65. The summed E-state index contributed by atoms with van der Waals surface area (Å²) >= 11 is 0. The van der Waals surface area contributed by atoms with Gasteiger partial charge in [0.25, 0.3) is 5.91 Å². The normalized spacial score (nSPS) is 11.4. The number of aromatic nitrogens is 1. The smallest absolute Gasteiger partial charge is 0.321 e. The number of nitrogens with zero attached hydrogens (tertiary/aromatic N) is 1. The van der Waals surface area contributed by atoms with Crippen molar-refractivity contribution in [2.45, 2.75) is 6.18 Å². The Kier molecular flexibility index (Phi) is 5.08. The number of para-hydroxylation sites is 1. The van der Waals surface area contributed by atoms with Crippen molar-refractivity contribution in [3.05, 3.63) is 83.4 Å². The predicted molar refractivity (Wildman–Crippen MR) is 88.9 cm³/mol. The Bertz CT molecular complexity index is 1030. The average molecular weight is 396 g/mol. The minimum Gasteiger partial charge on any atom is -0.321 e. The summed E-state index contributed by atoms with van der Waals surface area (Å²) in [6, 6.07) is 9.19. The fourth-order valence-corrected chi connectivity index (χ4v) is 2.56. The first-order valence-electron chi connectivity index (χ1n) is 7.76. The van der Waals surface area contributed by atoms with Crippen LogP contribution in [0.1, 0.15) is 16.1 Å². The lowest BCUT2D eigenvalue weighted by molar-refractivity contribution is -0.141. The Hall–Kier alpha value is -3.36. The van der Waals surface area contributed by atoms with Gasteiger partial charge in [0.2, 0.25) is 0 Å². The van der Waals surface area contributed by atoms with Crippen molar-refractivity contribution in [2.24, 2.45) is 0 Å². The lowest BCUT2D eigenvalue weighted by atomic mass is 10.0. The van der Waals surface area contributed by atoms with Gasteiger partial charge in [-0.1, -0.05) is 18.2 Å². The molecule has 0 aliphatic rings. The van der Waals surface area contributed by atoms with Gasteiger partial charge in [0, 0.05) is 17.4 Å². The minimum atomic E-state index is -4.85. The lowest BCUT2D eigenvalue weighted by Gasteiger charge is -2.14. The molecule has 0 saturated heterocycles. The molecule has 0 atom stereocenters. The number of hydrogen-bond donors (Lipinski definition) is 1. The summed E-state index contributed by atoms with van der Waals surface area (Å²) in [4.78, 5) is 15.6. The monoisotopic (exact) mass is 396 g/mol. The molecule has 3 rings (SSSR count). The number of hydrogen-bond acceptors (Lipinski definition) is 2. The molecule has 0 bridgehead atoms. The molecule has 1 heterocycles. The van der Waals surface area contributed by atoms with E-state index in [2.05, 4.69) is 10.3 Å². The number of amides is 1. The zero-order chi connectivity index (χ0) is 20.5. The number of rotatable bonds is 3. The van der Waals surface area contributed by atoms with Gasteiger partial charge in [0.05, 0.1) is 5.56 Å². The van der Waals surface area contributed by atoms with Gasteiger partial charge in [-0.05, 0) is 35.9 Å². The Morgan fingerprint density at radius 3 is 2.21 bits per heavy atom. The van der Waals surface area contributed by atoms with Gasteiger partial charge >= 0.3 is 6.18 Å². The highest BCUT2D eigenvalue weighted by atomic mass is 19.4. The van der Waals surface area contributed by atoms with Gasteiger partial charge in [0.15, 0.2) is 23.1 Å². The summed E-state index contributed by atoms with van der Waals surface area (Å²) in [7, 11) is 0. The Morgan fingerprint density at radius 1 is 0.929 bits per heavy atom. The van der Waals surface area contributed by atoms with Crippen LogP contribution < -0.4 is 5.32 Å². The maximum Gasteiger partial charge on any atom is 0.434 e. The van der Waals surface area contributed by atoms with E-state index in [9.17, 15) is 31.1 Å². The summed E-state index contributed by atoms with van der Waals surface area (Å²) in [6.07, 6.45) is -3.95. The third-order valence-electron chi connectivity index (χ3n) is 3.79. The van der Waals surface area contributed by atoms with Crippen molar-refractivity contribution in [2.75, 3.05) is 5.32 Å². The van der Waals surface area contributed by atoms with Gasteiger partial charge in [-0.15, -0.1) is 0 Å². The zero-order valence-electron chi connectivity index (χ0n) is 13.8. The van der Waals surface area contributed by atoms with Gasteiger partial charge in [-0.3, -0.25) is 9.78 Å². The van der Waals surface area contributed by atoms with Crippen molar-refractivity contribution in [3.8, 4) is 11.1 Å². The molecular formula is C19H10F6N2O. The molecule has 0 saturated carbocycles. The highest BCUT2D eigenvalue weighted by Crippen LogP contribution is 2.33. The van der Waals surface area contributed by atoms with Gasteiger partial charge in [-0.25, -0.2) is 13.2 Å². The van der Waals surface area contributed by atoms with E-state index in [4.69, 9.17) is 0 Å². The highest BCUT2D eigenvalue weighted by molar-refractivity contribution is 6.07. The van der Waals surface area contributed by atoms with Crippen LogP contribution in [0.3, 0.4) is 0 Å². The lowest BCUT2D eigenvalue weighted by Crippen LogP contribution is -2.20.